The van der Waals surface area contributed by atoms with E-state index in [2.05, 4.69) is 82.7 Å². The van der Waals surface area contributed by atoms with E-state index in [1.54, 1.807) is 7.11 Å². The third-order valence-corrected chi connectivity index (χ3v) is 7.64. The molecule has 0 radical (unpaired) electrons. The molecule has 1 aliphatic rings. The van der Waals surface area contributed by atoms with E-state index in [1.165, 1.54) is 23.4 Å². The number of hydrogen-bond donors (Lipinski definition) is 1. The maximum absolute atomic E-state index is 11.6. The molecular formula is C29H39BrN4O3. The second-order valence-corrected chi connectivity index (χ2v) is 11.5. The number of pyridine rings is 1. The summed E-state index contributed by atoms with van der Waals surface area (Å²) >= 11 is 3.70. The Morgan fingerprint density at radius 2 is 1.97 bits per heavy atom. The highest BCUT2D eigenvalue weighted by molar-refractivity contribution is 9.10. The third-order valence-electron chi connectivity index (χ3n) is 7.15. The van der Waals surface area contributed by atoms with E-state index in [9.17, 15) is 4.79 Å². The molecule has 0 aliphatic carbocycles. The summed E-state index contributed by atoms with van der Waals surface area (Å²) in [6, 6.07) is 8.78. The number of aryl methyl sites for hydroxylation is 1. The van der Waals surface area contributed by atoms with Gasteiger partial charge in [0, 0.05) is 73.1 Å². The van der Waals surface area contributed by atoms with E-state index in [4.69, 9.17) is 14.5 Å². The van der Waals surface area contributed by atoms with Crippen LogP contribution in [0.25, 0.3) is 22.2 Å². The molecule has 200 valence electrons. The van der Waals surface area contributed by atoms with Crippen molar-refractivity contribution in [2.75, 3.05) is 44.8 Å². The molecule has 3 heterocycles. The number of benzene rings is 1. The quantitative estimate of drug-likeness (QED) is 0.331. The number of halogens is 1. The van der Waals surface area contributed by atoms with Crippen molar-refractivity contribution in [2.45, 2.75) is 53.7 Å². The van der Waals surface area contributed by atoms with Gasteiger partial charge in [0.15, 0.2) is 0 Å². The van der Waals surface area contributed by atoms with Crippen LogP contribution >= 0.6 is 15.9 Å². The summed E-state index contributed by atoms with van der Waals surface area (Å²) in [7, 11) is 1.73. The molecule has 1 aliphatic heterocycles. The van der Waals surface area contributed by atoms with Gasteiger partial charge in [-0.3, -0.25) is 9.78 Å². The summed E-state index contributed by atoms with van der Waals surface area (Å²) in [6.07, 6.45) is 2.57. The van der Waals surface area contributed by atoms with Crippen molar-refractivity contribution in [3.63, 3.8) is 0 Å². The number of methoxy groups -OCH3 is 1. The fourth-order valence-corrected chi connectivity index (χ4v) is 5.58. The number of nitrogens with zero attached hydrogens (tertiary/aromatic N) is 3. The first-order valence-electron chi connectivity index (χ1n) is 13.1. The maximum Gasteiger partial charge on any atom is 0.302 e. The molecule has 7 nitrogen and oxygen atoms in total. The fraction of sp³-hybridized carbons (Fsp3) is 0.517. The average Bonchev–Trinajstić information content (AvgIpc) is 3.18. The molecule has 0 amide bonds. The normalized spacial score (nSPS) is 15.3. The van der Waals surface area contributed by atoms with Gasteiger partial charge < -0.3 is 24.3 Å². The molecule has 1 N–H and O–H groups in total. The minimum atomic E-state index is -0.258. The fourth-order valence-electron chi connectivity index (χ4n) is 5.22. The van der Waals surface area contributed by atoms with Crippen LogP contribution in [0, 0.1) is 5.41 Å². The zero-order chi connectivity index (χ0) is 26.7. The van der Waals surface area contributed by atoms with Crippen LogP contribution in [0.2, 0.25) is 0 Å². The van der Waals surface area contributed by atoms with Gasteiger partial charge in [0.2, 0.25) is 0 Å². The molecule has 0 bridgehead atoms. The summed E-state index contributed by atoms with van der Waals surface area (Å²) < 4.78 is 14.7. The Morgan fingerprint density at radius 3 is 2.62 bits per heavy atom. The number of ether oxygens (including phenoxy) is 2. The Morgan fingerprint density at radius 1 is 1.24 bits per heavy atom. The first-order valence-corrected chi connectivity index (χ1v) is 13.9. The van der Waals surface area contributed by atoms with Crippen molar-refractivity contribution in [1.82, 2.24) is 14.9 Å². The highest BCUT2D eigenvalue weighted by atomic mass is 79.9. The van der Waals surface area contributed by atoms with Gasteiger partial charge in [-0.05, 0) is 50.1 Å². The first-order chi connectivity index (χ1) is 17.6. The number of carbonyl (C=O) groups excluding carboxylic acids is 1. The number of hydrogen-bond acceptors (Lipinski definition) is 6. The van der Waals surface area contributed by atoms with Gasteiger partial charge in [0.1, 0.15) is 0 Å². The summed E-state index contributed by atoms with van der Waals surface area (Å²) in [5, 5.41) is 4.64. The van der Waals surface area contributed by atoms with Crippen molar-refractivity contribution < 1.29 is 14.3 Å². The summed E-state index contributed by atoms with van der Waals surface area (Å²) in [5.74, 6) is -0.254. The number of rotatable bonds is 9. The van der Waals surface area contributed by atoms with Gasteiger partial charge in [-0.15, -0.1) is 0 Å². The largest absolute Gasteiger partial charge is 0.465 e. The van der Waals surface area contributed by atoms with E-state index >= 15 is 0 Å². The topological polar surface area (TPSA) is 68.6 Å². The van der Waals surface area contributed by atoms with Gasteiger partial charge >= 0.3 is 5.97 Å². The smallest absolute Gasteiger partial charge is 0.302 e. The Labute approximate surface area is 228 Å². The molecule has 1 fully saturated rings. The number of fused-ring (bicyclic) bond motifs is 1. The average molecular weight is 572 g/mol. The molecule has 1 aromatic carbocycles. The van der Waals surface area contributed by atoms with Gasteiger partial charge in [-0.2, -0.15) is 0 Å². The lowest BCUT2D eigenvalue weighted by atomic mass is 9.84. The molecule has 37 heavy (non-hydrogen) atoms. The van der Waals surface area contributed by atoms with Gasteiger partial charge in [-0.25, -0.2) is 0 Å². The number of anilines is 1. The molecule has 1 atom stereocenters. The highest BCUT2D eigenvalue weighted by Gasteiger charge is 2.29. The molecule has 8 heteroatoms. The van der Waals surface area contributed by atoms with Crippen LogP contribution in [0.5, 0.6) is 0 Å². The van der Waals surface area contributed by atoms with Crippen LogP contribution < -0.4 is 10.2 Å². The van der Waals surface area contributed by atoms with Crippen molar-refractivity contribution in [2.24, 2.45) is 5.41 Å². The Hall–Kier alpha value is -2.42. The lowest BCUT2D eigenvalue weighted by Crippen LogP contribution is -2.43. The molecule has 1 saturated heterocycles. The zero-order valence-corrected chi connectivity index (χ0v) is 24.4. The molecular weight excluding hydrogens is 532 g/mol. The van der Waals surface area contributed by atoms with E-state index in [-0.39, 0.29) is 17.5 Å². The van der Waals surface area contributed by atoms with Crippen LogP contribution in [0.4, 0.5) is 5.69 Å². The second kappa shape index (κ2) is 11.5. The molecule has 3 aromatic rings. The Kier molecular flexibility index (Phi) is 8.61. The minimum absolute atomic E-state index is 0.163. The summed E-state index contributed by atoms with van der Waals surface area (Å²) in [6.45, 7) is 15.0. The summed E-state index contributed by atoms with van der Waals surface area (Å²) in [4.78, 5) is 19.0. The standard InChI is InChI=1S/C29H39BrN4O3/c1-7-34-26-9-8-21(30)14-23(26)25(16-29(4,5)18-37-20(3)35)28(34)24-15-22(33-12-10-31-11-13-33)17-32-27(24)19(2)36-6/h8-9,14-15,17,19,31H,7,10-13,16,18H2,1-6H3/t19-/m0/s1. The van der Waals surface area contributed by atoms with E-state index in [0.717, 1.165) is 66.3 Å². The molecule has 0 unspecified atom stereocenters. The Balaban J connectivity index is 1.97. The second-order valence-electron chi connectivity index (χ2n) is 10.6. The van der Waals surface area contributed by atoms with Crippen LogP contribution in [-0.4, -0.2) is 55.4 Å². The molecule has 0 saturated carbocycles. The number of esters is 1. The first kappa shape index (κ1) is 27.6. The lowest BCUT2D eigenvalue weighted by Gasteiger charge is -2.30. The zero-order valence-electron chi connectivity index (χ0n) is 22.9. The predicted molar refractivity (Wildman–Crippen MR) is 153 cm³/mol. The number of piperazine rings is 1. The maximum atomic E-state index is 11.6. The van der Waals surface area contributed by atoms with Gasteiger partial charge in [0.25, 0.3) is 0 Å². The van der Waals surface area contributed by atoms with E-state index in [0.29, 0.717) is 6.61 Å². The monoisotopic (exact) mass is 570 g/mol. The Bertz CT molecular complexity index is 1260. The molecule has 0 spiro atoms. The summed E-state index contributed by atoms with van der Waals surface area (Å²) in [5.41, 5.74) is 6.47. The van der Waals surface area contributed by atoms with Crippen molar-refractivity contribution >= 4 is 38.5 Å². The van der Waals surface area contributed by atoms with Crippen LogP contribution in [0.15, 0.2) is 34.9 Å². The van der Waals surface area contributed by atoms with Gasteiger partial charge in [-0.1, -0.05) is 29.8 Å². The minimum Gasteiger partial charge on any atom is -0.465 e. The van der Waals surface area contributed by atoms with Gasteiger partial charge in [0.05, 0.1) is 36.0 Å². The lowest BCUT2D eigenvalue weighted by molar-refractivity contribution is -0.143. The van der Waals surface area contributed by atoms with Crippen molar-refractivity contribution in [3.05, 3.63) is 46.2 Å². The van der Waals surface area contributed by atoms with Crippen LogP contribution in [0.1, 0.15) is 52.0 Å². The predicted octanol–water partition coefficient (Wildman–Crippen LogP) is 5.73. The number of carbonyl (C=O) groups is 1. The third kappa shape index (κ3) is 6.02. The number of nitrogens with one attached hydrogen (secondary N) is 1. The van der Waals surface area contributed by atoms with E-state index < -0.39 is 0 Å². The van der Waals surface area contributed by atoms with E-state index in [1.807, 2.05) is 6.20 Å². The molecule has 2 aromatic heterocycles. The highest BCUT2D eigenvalue weighted by Crippen LogP contribution is 2.42. The van der Waals surface area contributed by atoms with Crippen LogP contribution in [-0.2, 0) is 27.2 Å². The van der Waals surface area contributed by atoms with Crippen molar-refractivity contribution in [3.8, 4) is 11.3 Å². The molecule has 4 rings (SSSR count). The van der Waals surface area contributed by atoms with Crippen molar-refractivity contribution in [1.29, 1.82) is 0 Å². The van der Waals surface area contributed by atoms with Crippen LogP contribution in [0.3, 0.4) is 0 Å². The SMILES string of the molecule is CCn1c(-c2cc(N3CCNCC3)cnc2[C@H](C)OC)c(CC(C)(C)COC(C)=O)c2cc(Br)ccc21. The number of aromatic nitrogens is 2.